The van der Waals surface area contributed by atoms with Gasteiger partial charge in [-0.2, -0.15) is 0 Å². The quantitative estimate of drug-likeness (QED) is 0.708. The summed E-state index contributed by atoms with van der Waals surface area (Å²) in [5, 5.41) is 3.79. The first-order valence-corrected chi connectivity index (χ1v) is 8.81. The molecule has 8 nitrogen and oxygen atoms in total. The van der Waals surface area contributed by atoms with Gasteiger partial charge in [0.15, 0.2) is 11.2 Å². The summed E-state index contributed by atoms with van der Waals surface area (Å²) in [6, 6.07) is 4.69. The number of aromatic nitrogens is 4. The highest BCUT2D eigenvalue weighted by atomic mass is 35.5. The molecule has 0 bridgehead atoms. The van der Waals surface area contributed by atoms with Crippen LogP contribution >= 0.6 is 23.2 Å². The molecular formula is C17H17Cl2N5O3. The summed E-state index contributed by atoms with van der Waals surface area (Å²) >= 11 is 12.1. The zero-order chi connectivity index (χ0) is 19.9. The van der Waals surface area contributed by atoms with E-state index in [2.05, 4.69) is 10.3 Å². The van der Waals surface area contributed by atoms with Crippen molar-refractivity contribution < 1.29 is 4.79 Å². The van der Waals surface area contributed by atoms with Crippen molar-refractivity contribution in [1.82, 2.24) is 24.0 Å². The molecule has 1 atom stereocenters. The Bertz CT molecular complexity index is 1160. The maximum atomic E-state index is 12.5. The number of hydrogen-bond donors (Lipinski definition) is 1. The number of carbonyl (C=O) groups excluding carboxylic acids is 1. The van der Waals surface area contributed by atoms with Crippen molar-refractivity contribution in [2.75, 3.05) is 0 Å². The molecule has 0 aliphatic heterocycles. The van der Waals surface area contributed by atoms with Crippen LogP contribution in [0.5, 0.6) is 0 Å². The van der Waals surface area contributed by atoms with Crippen LogP contribution in [0.4, 0.5) is 0 Å². The Hall–Kier alpha value is -2.58. The van der Waals surface area contributed by atoms with Crippen LogP contribution in [0.2, 0.25) is 10.0 Å². The minimum absolute atomic E-state index is 0.126. The summed E-state index contributed by atoms with van der Waals surface area (Å²) in [6.45, 7) is 1.67. The van der Waals surface area contributed by atoms with E-state index in [-0.39, 0.29) is 29.7 Å². The van der Waals surface area contributed by atoms with E-state index in [1.165, 1.54) is 29.6 Å². The smallest absolute Gasteiger partial charge is 0.332 e. The lowest BCUT2D eigenvalue weighted by Crippen LogP contribution is -2.38. The zero-order valence-electron chi connectivity index (χ0n) is 14.9. The first-order valence-electron chi connectivity index (χ1n) is 8.06. The van der Waals surface area contributed by atoms with E-state index in [1.54, 1.807) is 25.1 Å². The number of amides is 1. The molecule has 0 aliphatic rings. The van der Waals surface area contributed by atoms with Crippen molar-refractivity contribution in [1.29, 1.82) is 0 Å². The number of carbonyl (C=O) groups is 1. The highest BCUT2D eigenvalue weighted by Crippen LogP contribution is 2.26. The molecule has 27 heavy (non-hydrogen) atoms. The third-order valence-electron chi connectivity index (χ3n) is 4.34. The number of imidazole rings is 1. The zero-order valence-corrected chi connectivity index (χ0v) is 16.4. The lowest BCUT2D eigenvalue weighted by molar-refractivity contribution is -0.122. The standard InChI is InChI=1S/C17H17Cl2N5O3/c1-9(11-5-4-10(18)6-12(11)19)21-13(25)7-24-8-20-15-14(24)16(26)23(3)17(27)22(15)2/h4-6,8-9H,7H2,1-3H3,(H,21,25)/t9-/m1/s1. The number of halogens is 2. The summed E-state index contributed by atoms with van der Waals surface area (Å²) in [4.78, 5) is 40.9. The fraction of sp³-hybridized carbons (Fsp3) is 0.294. The van der Waals surface area contributed by atoms with Gasteiger partial charge in [0.2, 0.25) is 5.91 Å². The Morgan fingerprint density at radius 1 is 1.22 bits per heavy atom. The molecule has 142 valence electrons. The largest absolute Gasteiger partial charge is 0.348 e. The number of aryl methyl sites for hydroxylation is 1. The minimum Gasteiger partial charge on any atom is -0.348 e. The Morgan fingerprint density at radius 2 is 1.93 bits per heavy atom. The van der Waals surface area contributed by atoms with Crippen LogP contribution in [0.3, 0.4) is 0 Å². The van der Waals surface area contributed by atoms with Crippen molar-refractivity contribution in [2.24, 2.45) is 14.1 Å². The molecule has 0 saturated heterocycles. The fourth-order valence-corrected chi connectivity index (χ4v) is 3.46. The van der Waals surface area contributed by atoms with E-state index in [0.29, 0.717) is 10.0 Å². The van der Waals surface area contributed by atoms with Crippen LogP contribution in [0.1, 0.15) is 18.5 Å². The number of rotatable bonds is 4. The van der Waals surface area contributed by atoms with E-state index in [4.69, 9.17) is 23.2 Å². The minimum atomic E-state index is -0.507. The molecule has 0 saturated carbocycles. The van der Waals surface area contributed by atoms with Gasteiger partial charge in [0.1, 0.15) is 6.54 Å². The SMILES string of the molecule is C[C@@H](NC(=O)Cn1cnc2c1c(=O)n(C)c(=O)n2C)c1ccc(Cl)cc1Cl. The molecule has 1 amide bonds. The Morgan fingerprint density at radius 3 is 2.59 bits per heavy atom. The van der Waals surface area contributed by atoms with Gasteiger partial charge in [-0.05, 0) is 24.6 Å². The topological polar surface area (TPSA) is 90.9 Å². The Kier molecular flexibility index (Phi) is 5.12. The average molecular weight is 410 g/mol. The number of nitrogens with zero attached hydrogens (tertiary/aromatic N) is 4. The van der Waals surface area contributed by atoms with Crippen molar-refractivity contribution in [3.8, 4) is 0 Å². The van der Waals surface area contributed by atoms with Crippen molar-refractivity contribution in [3.63, 3.8) is 0 Å². The van der Waals surface area contributed by atoms with Gasteiger partial charge < -0.3 is 9.88 Å². The van der Waals surface area contributed by atoms with Crippen LogP contribution in [0.25, 0.3) is 11.2 Å². The van der Waals surface area contributed by atoms with Crippen LogP contribution in [-0.4, -0.2) is 24.6 Å². The summed E-state index contributed by atoms with van der Waals surface area (Å²) in [6.07, 6.45) is 1.37. The van der Waals surface area contributed by atoms with E-state index in [0.717, 1.165) is 10.1 Å². The third-order valence-corrected chi connectivity index (χ3v) is 4.90. The summed E-state index contributed by atoms with van der Waals surface area (Å²) in [7, 11) is 2.90. The van der Waals surface area contributed by atoms with E-state index >= 15 is 0 Å². The van der Waals surface area contributed by atoms with E-state index in [9.17, 15) is 14.4 Å². The number of hydrogen-bond acceptors (Lipinski definition) is 4. The molecular weight excluding hydrogens is 393 g/mol. The van der Waals surface area contributed by atoms with Gasteiger partial charge in [-0.15, -0.1) is 0 Å². The van der Waals surface area contributed by atoms with Crippen LogP contribution in [-0.2, 0) is 25.4 Å². The summed E-state index contributed by atoms with van der Waals surface area (Å²) < 4.78 is 3.67. The first kappa shape index (κ1) is 19.2. The molecule has 0 fully saturated rings. The summed E-state index contributed by atoms with van der Waals surface area (Å²) in [5.74, 6) is -0.330. The second kappa shape index (κ2) is 7.21. The highest BCUT2D eigenvalue weighted by molar-refractivity contribution is 6.35. The fourth-order valence-electron chi connectivity index (χ4n) is 2.89. The van der Waals surface area contributed by atoms with Crippen LogP contribution in [0.15, 0.2) is 34.1 Å². The van der Waals surface area contributed by atoms with Crippen LogP contribution in [0, 0.1) is 0 Å². The third kappa shape index (κ3) is 3.50. The average Bonchev–Trinajstić information content (AvgIpc) is 3.01. The molecule has 2 heterocycles. The molecule has 0 radical (unpaired) electrons. The second-order valence-electron chi connectivity index (χ2n) is 6.21. The van der Waals surface area contributed by atoms with Crippen molar-refractivity contribution >= 4 is 40.3 Å². The lowest BCUT2D eigenvalue weighted by atomic mass is 10.1. The van der Waals surface area contributed by atoms with Crippen molar-refractivity contribution in [3.05, 3.63) is 61.0 Å². The maximum absolute atomic E-state index is 12.5. The molecule has 0 spiro atoms. The van der Waals surface area contributed by atoms with Gasteiger partial charge in [-0.25, -0.2) is 9.78 Å². The highest BCUT2D eigenvalue weighted by Gasteiger charge is 2.18. The number of benzene rings is 1. The van der Waals surface area contributed by atoms with Gasteiger partial charge in [0.25, 0.3) is 5.56 Å². The lowest BCUT2D eigenvalue weighted by Gasteiger charge is -2.16. The predicted octanol–water partition coefficient (Wildman–Crippen LogP) is 1.62. The number of nitrogens with one attached hydrogen (secondary N) is 1. The molecule has 3 rings (SSSR count). The van der Waals surface area contributed by atoms with Crippen LogP contribution < -0.4 is 16.6 Å². The van der Waals surface area contributed by atoms with Gasteiger partial charge in [-0.3, -0.25) is 18.7 Å². The Balaban J connectivity index is 1.86. The molecule has 1 aromatic carbocycles. The van der Waals surface area contributed by atoms with E-state index < -0.39 is 11.2 Å². The molecule has 3 aromatic rings. The summed E-state index contributed by atoms with van der Waals surface area (Å²) in [5.41, 5.74) is 0.153. The molecule has 0 aliphatic carbocycles. The maximum Gasteiger partial charge on any atom is 0.332 e. The van der Waals surface area contributed by atoms with Gasteiger partial charge in [0.05, 0.1) is 12.4 Å². The molecule has 0 unspecified atom stereocenters. The molecule has 1 N–H and O–H groups in total. The van der Waals surface area contributed by atoms with Crippen molar-refractivity contribution in [2.45, 2.75) is 19.5 Å². The van der Waals surface area contributed by atoms with E-state index in [1.807, 2.05) is 0 Å². The predicted molar refractivity (Wildman–Crippen MR) is 103 cm³/mol. The van der Waals surface area contributed by atoms with Gasteiger partial charge >= 0.3 is 5.69 Å². The van der Waals surface area contributed by atoms with Gasteiger partial charge in [-0.1, -0.05) is 29.3 Å². The normalized spacial score (nSPS) is 12.3. The monoisotopic (exact) mass is 409 g/mol. The second-order valence-corrected chi connectivity index (χ2v) is 7.05. The molecule has 10 heteroatoms. The first-order chi connectivity index (χ1) is 12.7. The Labute approximate surface area is 163 Å². The van der Waals surface area contributed by atoms with Gasteiger partial charge in [0, 0.05) is 24.1 Å². The molecule has 2 aromatic heterocycles. The number of fused-ring (bicyclic) bond motifs is 1.